The number of amides is 1. The number of hydrogen-bond donors (Lipinski definition) is 1. The Balaban J connectivity index is 2.12. The van der Waals surface area contributed by atoms with Crippen LogP contribution >= 0.6 is 11.3 Å². The van der Waals surface area contributed by atoms with Gasteiger partial charge in [-0.1, -0.05) is 12.1 Å². The molecule has 0 fully saturated rings. The van der Waals surface area contributed by atoms with E-state index >= 15 is 0 Å². The molecule has 2 heterocycles. The van der Waals surface area contributed by atoms with Crippen molar-refractivity contribution in [2.45, 2.75) is 6.04 Å². The molecule has 5 heteroatoms. The molecular formula is C12H9N3OS. The molecule has 1 amide bonds. The van der Waals surface area contributed by atoms with Crippen molar-refractivity contribution in [3.63, 3.8) is 0 Å². The molecule has 2 aromatic rings. The number of carbonyl (C=O) groups excluding carboxylic acids is 1. The Labute approximate surface area is 103 Å². The van der Waals surface area contributed by atoms with E-state index in [2.05, 4.69) is 10.3 Å². The number of rotatable bonds is 3. The van der Waals surface area contributed by atoms with Crippen LogP contribution in [-0.2, 0) is 0 Å². The van der Waals surface area contributed by atoms with Crippen LogP contribution in [0.2, 0.25) is 0 Å². The van der Waals surface area contributed by atoms with Gasteiger partial charge in [0.2, 0.25) is 0 Å². The van der Waals surface area contributed by atoms with Crippen molar-refractivity contribution in [1.82, 2.24) is 10.3 Å². The normalized spacial score (nSPS) is 11.5. The first-order chi connectivity index (χ1) is 8.31. The van der Waals surface area contributed by atoms with Crippen molar-refractivity contribution in [1.29, 1.82) is 5.26 Å². The van der Waals surface area contributed by atoms with Crippen LogP contribution in [0.15, 0.2) is 42.0 Å². The largest absolute Gasteiger partial charge is 0.332 e. The summed E-state index contributed by atoms with van der Waals surface area (Å²) in [5.74, 6) is -0.240. The zero-order valence-corrected chi connectivity index (χ0v) is 9.65. The van der Waals surface area contributed by atoms with Gasteiger partial charge in [0.1, 0.15) is 6.04 Å². The van der Waals surface area contributed by atoms with Crippen molar-refractivity contribution in [3.05, 3.63) is 52.5 Å². The minimum atomic E-state index is -0.668. The van der Waals surface area contributed by atoms with Gasteiger partial charge < -0.3 is 5.32 Å². The number of thiophene rings is 1. The summed E-state index contributed by atoms with van der Waals surface area (Å²) in [5.41, 5.74) is 0.680. The van der Waals surface area contributed by atoms with Crippen LogP contribution < -0.4 is 5.32 Å². The lowest BCUT2D eigenvalue weighted by molar-refractivity contribution is 0.0949. The number of hydrogen-bond acceptors (Lipinski definition) is 4. The third-order valence-corrected chi connectivity index (χ3v) is 3.04. The summed E-state index contributed by atoms with van der Waals surface area (Å²) in [4.78, 5) is 16.3. The molecule has 0 unspecified atom stereocenters. The maximum absolute atomic E-state index is 11.8. The fourth-order valence-electron chi connectivity index (χ4n) is 1.35. The maximum Gasteiger partial charge on any atom is 0.262 e. The molecule has 0 bridgehead atoms. The second kappa shape index (κ2) is 5.23. The molecule has 0 radical (unpaired) electrons. The van der Waals surface area contributed by atoms with E-state index in [4.69, 9.17) is 5.26 Å². The van der Waals surface area contributed by atoms with Gasteiger partial charge >= 0.3 is 0 Å². The van der Waals surface area contributed by atoms with E-state index in [0.717, 1.165) is 0 Å². The van der Waals surface area contributed by atoms with E-state index in [9.17, 15) is 4.79 Å². The number of pyridine rings is 1. The van der Waals surface area contributed by atoms with Gasteiger partial charge in [-0.15, -0.1) is 11.3 Å². The lowest BCUT2D eigenvalue weighted by atomic mass is 10.1. The first-order valence-corrected chi connectivity index (χ1v) is 5.83. The van der Waals surface area contributed by atoms with Gasteiger partial charge in [-0.25, -0.2) is 0 Å². The molecule has 2 rings (SSSR count). The smallest absolute Gasteiger partial charge is 0.262 e. The minimum Gasteiger partial charge on any atom is -0.332 e. The molecular weight excluding hydrogens is 234 g/mol. The molecule has 0 spiro atoms. The predicted octanol–water partition coefficient (Wildman–Crippen LogP) is 2.14. The fraction of sp³-hybridized carbons (Fsp3) is 0.0833. The molecule has 1 N–H and O–H groups in total. The average Bonchev–Trinajstić information content (AvgIpc) is 2.90. The highest BCUT2D eigenvalue weighted by Gasteiger charge is 2.15. The Morgan fingerprint density at radius 1 is 1.47 bits per heavy atom. The molecule has 0 aliphatic rings. The molecule has 2 aromatic heterocycles. The number of aromatic nitrogens is 1. The zero-order valence-electron chi connectivity index (χ0n) is 8.83. The second-order valence-corrected chi connectivity index (χ2v) is 4.25. The SMILES string of the molecule is N#C[C@H](NC(=O)c1cccs1)c1cccnc1. The van der Waals surface area contributed by atoms with Crippen LogP contribution in [0.1, 0.15) is 21.3 Å². The summed E-state index contributed by atoms with van der Waals surface area (Å²) < 4.78 is 0. The topological polar surface area (TPSA) is 65.8 Å². The van der Waals surface area contributed by atoms with E-state index < -0.39 is 6.04 Å². The van der Waals surface area contributed by atoms with Gasteiger partial charge in [0.15, 0.2) is 0 Å². The van der Waals surface area contributed by atoms with Crippen LogP contribution in [-0.4, -0.2) is 10.9 Å². The standard InChI is InChI=1S/C12H9N3OS/c13-7-10(9-3-1-5-14-8-9)15-12(16)11-4-2-6-17-11/h1-6,8,10H,(H,15,16)/t10-/m0/s1. The fourth-order valence-corrected chi connectivity index (χ4v) is 1.97. The Morgan fingerprint density at radius 2 is 2.35 bits per heavy atom. The molecule has 1 atom stereocenters. The zero-order chi connectivity index (χ0) is 12.1. The average molecular weight is 243 g/mol. The van der Waals surface area contributed by atoms with E-state index in [-0.39, 0.29) is 5.91 Å². The Kier molecular flexibility index (Phi) is 3.48. The Bertz CT molecular complexity index is 531. The maximum atomic E-state index is 11.8. The number of nitrogens with one attached hydrogen (secondary N) is 1. The summed E-state index contributed by atoms with van der Waals surface area (Å²) in [6.07, 6.45) is 3.20. The summed E-state index contributed by atoms with van der Waals surface area (Å²) >= 11 is 1.34. The summed E-state index contributed by atoms with van der Waals surface area (Å²) in [6.45, 7) is 0. The van der Waals surface area contributed by atoms with Crippen molar-refractivity contribution in [3.8, 4) is 6.07 Å². The molecule has 0 saturated carbocycles. The summed E-state index contributed by atoms with van der Waals surface area (Å²) in [5, 5.41) is 13.5. The monoisotopic (exact) mass is 243 g/mol. The lowest BCUT2D eigenvalue weighted by Crippen LogP contribution is -2.26. The van der Waals surface area contributed by atoms with Crippen LogP contribution in [0, 0.1) is 11.3 Å². The molecule has 0 saturated heterocycles. The van der Waals surface area contributed by atoms with E-state index in [1.54, 1.807) is 36.7 Å². The summed E-state index contributed by atoms with van der Waals surface area (Å²) in [7, 11) is 0. The number of nitrogens with zero attached hydrogens (tertiary/aromatic N) is 2. The van der Waals surface area contributed by atoms with Gasteiger partial charge in [0.25, 0.3) is 5.91 Å². The van der Waals surface area contributed by atoms with Crippen LogP contribution in [0.5, 0.6) is 0 Å². The van der Waals surface area contributed by atoms with Crippen molar-refractivity contribution >= 4 is 17.2 Å². The molecule has 0 aliphatic carbocycles. The minimum absolute atomic E-state index is 0.240. The van der Waals surface area contributed by atoms with Gasteiger partial charge in [-0.3, -0.25) is 9.78 Å². The first kappa shape index (κ1) is 11.3. The Morgan fingerprint density at radius 3 is 2.94 bits per heavy atom. The predicted molar refractivity (Wildman–Crippen MR) is 64.4 cm³/mol. The van der Waals surface area contributed by atoms with E-state index in [0.29, 0.717) is 10.4 Å². The van der Waals surface area contributed by atoms with Gasteiger partial charge in [-0.05, 0) is 17.5 Å². The van der Waals surface area contributed by atoms with Crippen LogP contribution in [0.25, 0.3) is 0 Å². The van der Waals surface area contributed by atoms with Crippen LogP contribution in [0.3, 0.4) is 0 Å². The first-order valence-electron chi connectivity index (χ1n) is 4.95. The van der Waals surface area contributed by atoms with E-state index in [1.165, 1.54) is 11.3 Å². The molecule has 0 aliphatic heterocycles. The highest BCUT2D eigenvalue weighted by Crippen LogP contribution is 2.13. The van der Waals surface area contributed by atoms with Crippen molar-refractivity contribution in [2.24, 2.45) is 0 Å². The highest BCUT2D eigenvalue weighted by atomic mass is 32.1. The van der Waals surface area contributed by atoms with Gasteiger partial charge in [0, 0.05) is 18.0 Å². The Hall–Kier alpha value is -2.19. The quantitative estimate of drug-likeness (QED) is 0.898. The van der Waals surface area contributed by atoms with Crippen molar-refractivity contribution < 1.29 is 4.79 Å². The van der Waals surface area contributed by atoms with E-state index in [1.807, 2.05) is 11.4 Å². The summed E-state index contributed by atoms with van der Waals surface area (Å²) in [6, 6.07) is 8.38. The second-order valence-electron chi connectivity index (χ2n) is 3.30. The van der Waals surface area contributed by atoms with Crippen LogP contribution in [0.4, 0.5) is 0 Å². The molecule has 84 valence electrons. The number of nitriles is 1. The lowest BCUT2D eigenvalue weighted by Gasteiger charge is -2.10. The number of carbonyl (C=O) groups is 1. The molecule has 0 aromatic carbocycles. The molecule has 4 nitrogen and oxygen atoms in total. The van der Waals surface area contributed by atoms with Gasteiger partial charge in [0.05, 0.1) is 10.9 Å². The van der Waals surface area contributed by atoms with Crippen molar-refractivity contribution in [2.75, 3.05) is 0 Å². The third-order valence-electron chi connectivity index (χ3n) is 2.17. The van der Waals surface area contributed by atoms with Gasteiger partial charge in [-0.2, -0.15) is 5.26 Å². The molecule has 17 heavy (non-hydrogen) atoms. The highest BCUT2D eigenvalue weighted by molar-refractivity contribution is 7.12. The third kappa shape index (κ3) is 2.68.